The lowest BCUT2D eigenvalue weighted by Gasteiger charge is -2.14. The van der Waals surface area contributed by atoms with Crippen molar-refractivity contribution in [3.63, 3.8) is 0 Å². The molecule has 30 heavy (non-hydrogen) atoms. The Morgan fingerprint density at radius 1 is 1.10 bits per heavy atom. The highest BCUT2D eigenvalue weighted by atomic mass is 16.5. The molecule has 3 heterocycles. The van der Waals surface area contributed by atoms with Crippen molar-refractivity contribution in [1.29, 1.82) is 0 Å². The molecular weight excluding hydrogens is 378 g/mol. The molecule has 7 nitrogen and oxygen atoms in total. The predicted molar refractivity (Wildman–Crippen MR) is 113 cm³/mol. The second-order valence-electron chi connectivity index (χ2n) is 7.62. The number of carbonyl (C=O) groups excluding carboxylic acids is 1. The number of likely N-dealkylation sites (N-methyl/N-ethyl adjacent to an activating group) is 1. The summed E-state index contributed by atoms with van der Waals surface area (Å²) in [6.07, 6.45) is 4.12. The van der Waals surface area contributed by atoms with Crippen LogP contribution in [0, 0.1) is 0 Å². The van der Waals surface area contributed by atoms with Crippen molar-refractivity contribution in [2.24, 2.45) is 0 Å². The minimum atomic E-state index is -0.0668. The Labute approximate surface area is 173 Å². The maximum absolute atomic E-state index is 12.8. The standard InChI is InChI=1S/C23H21N5O2/c1-28-14-19(25-22(29)18-7-6-15-4-2-3-5-17(15)12-18)13-20(28)23-26-21(27-30-23)16-8-10-24-11-9-16/h2-12,19-20H,13-14H2,1H3,(H,25,29). The number of carbonyl (C=O) groups is 1. The Morgan fingerprint density at radius 3 is 2.73 bits per heavy atom. The molecule has 4 aromatic rings. The lowest BCUT2D eigenvalue weighted by Crippen LogP contribution is -2.36. The van der Waals surface area contributed by atoms with E-state index in [4.69, 9.17) is 4.52 Å². The monoisotopic (exact) mass is 399 g/mol. The van der Waals surface area contributed by atoms with Crippen LogP contribution in [0.15, 0.2) is 71.5 Å². The molecule has 0 bridgehead atoms. The molecule has 0 spiro atoms. The molecule has 0 aliphatic carbocycles. The first-order valence-electron chi connectivity index (χ1n) is 9.91. The maximum atomic E-state index is 12.8. The molecule has 1 aliphatic heterocycles. The Balaban J connectivity index is 1.28. The Morgan fingerprint density at radius 2 is 1.90 bits per heavy atom. The van der Waals surface area contributed by atoms with E-state index >= 15 is 0 Å². The molecule has 150 valence electrons. The number of fused-ring (bicyclic) bond motifs is 1. The molecule has 2 aromatic carbocycles. The van der Waals surface area contributed by atoms with Crippen molar-refractivity contribution >= 4 is 16.7 Å². The van der Waals surface area contributed by atoms with Crippen LogP contribution >= 0.6 is 0 Å². The summed E-state index contributed by atoms with van der Waals surface area (Å²) in [5, 5.41) is 9.43. The Kier molecular flexibility index (Phi) is 4.72. The quantitative estimate of drug-likeness (QED) is 0.566. The van der Waals surface area contributed by atoms with E-state index in [1.54, 1.807) is 12.4 Å². The van der Waals surface area contributed by atoms with Gasteiger partial charge in [0, 0.05) is 36.1 Å². The molecule has 1 N–H and O–H groups in total. The average Bonchev–Trinajstić information content (AvgIpc) is 3.40. The van der Waals surface area contributed by atoms with Crippen LogP contribution in [0.2, 0.25) is 0 Å². The van der Waals surface area contributed by atoms with E-state index in [1.807, 2.05) is 61.6 Å². The van der Waals surface area contributed by atoms with E-state index in [-0.39, 0.29) is 18.0 Å². The van der Waals surface area contributed by atoms with Crippen LogP contribution < -0.4 is 5.32 Å². The number of benzene rings is 2. The number of aromatic nitrogens is 3. The predicted octanol–water partition coefficient (Wildman–Crippen LogP) is 3.46. The molecule has 1 aliphatic rings. The summed E-state index contributed by atoms with van der Waals surface area (Å²) in [5.74, 6) is 1.04. The molecule has 2 atom stereocenters. The summed E-state index contributed by atoms with van der Waals surface area (Å²) in [6, 6.07) is 17.5. The number of hydrogen-bond acceptors (Lipinski definition) is 6. The fourth-order valence-corrected chi connectivity index (χ4v) is 3.98. The fraction of sp³-hybridized carbons (Fsp3) is 0.217. The third-order valence-corrected chi connectivity index (χ3v) is 5.56. The van der Waals surface area contributed by atoms with E-state index in [2.05, 4.69) is 25.3 Å². The summed E-state index contributed by atoms with van der Waals surface area (Å²) in [7, 11) is 2.00. The average molecular weight is 399 g/mol. The lowest BCUT2D eigenvalue weighted by atomic mass is 10.1. The van der Waals surface area contributed by atoms with Crippen LogP contribution in [0.3, 0.4) is 0 Å². The van der Waals surface area contributed by atoms with Gasteiger partial charge in [-0.3, -0.25) is 14.7 Å². The van der Waals surface area contributed by atoms with Crippen molar-refractivity contribution in [2.45, 2.75) is 18.5 Å². The van der Waals surface area contributed by atoms with Crippen molar-refractivity contribution in [1.82, 2.24) is 25.3 Å². The number of likely N-dealkylation sites (tertiary alicyclic amines) is 1. The highest BCUT2D eigenvalue weighted by Gasteiger charge is 2.35. The highest BCUT2D eigenvalue weighted by Crippen LogP contribution is 2.31. The second kappa shape index (κ2) is 7.68. The van der Waals surface area contributed by atoms with Gasteiger partial charge in [-0.15, -0.1) is 0 Å². The van der Waals surface area contributed by atoms with Gasteiger partial charge in [0.1, 0.15) is 0 Å². The Bertz CT molecular complexity index is 1190. The van der Waals surface area contributed by atoms with Crippen molar-refractivity contribution in [3.05, 3.63) is 78.4 Å². The number of nitrogens with zero attached hydrogens (tertiary/aromatic N) is 4. The summed E-state index contributed by atoms with van der Waals surface area (Å²) in [6.45, 7) is 0.719. The lowest BCUT2D eigenvalue weighted by molar-refractivity contribution is 0.0938. The largest absolute Gasteiger partial charge is 0.348 e. The number of nitrogens with one attached hydrogen (secondary N) is 1. The Hall–Kier alpha value is -3.58. The van der Waals surface area contributed by atoms with E-state index in [9.17, 15) is 4.79 Å². The minimum absolute atomic E-state index is 0.00949. The molecule has 2 aromatic heterocycles. The van der Waals surface area contributed by atoms with Crippen LogP contribution in [0.25, 0.3) is 22.2 Å². The van der Waals surface area contributed by atoms with Gasteiger partial charge in [-0.05, 0) is 48.5 Å². The first-order valence-corrected chi connectivity index (χ1v) is 9.91. The fourth-order valence-electron chi connectivity index (χ4n) is 3.98. The van der Waals surface area contributed by atoms with Crippen molar-refractivity contribution < 1.29 is 9.32 Å². The number of amides is 1. The smallest absolute Gasteiger partial charge is 0.251 e. The van der Waals surface area contributed by atoms with Gasteiger partial charge >= 0.3 is 0 Å². The third kappa shape index (κ3) is 3.55. The molecule has 1 fully saturated rings. The summed E-state index contributed by atoms with van der Waals surface area (Å²) < 4.78 is 5.52. The van der Waals surface area contributed by atoms with Gasteiger partial charge in [-0.2, -0.15) is 4.98 Å². The van der Waals surface area contributed by atoms with Crippen LogP contribution in [0.1, 0.15) is 28.7 Å². The van der Waals surface area contributed by atoms with Crippen LogP contribution in [-0.4, -0.2) is 45.6 Å². The van der Waals surface area contributed by atoms with Crippen molar-refractivity contribution in [3.8, 4) is 11.4 Å². The molecule has 7 heteroatoms. The van der Waals surface area contributed by atoms with Gasteiger partial charge in [0.2, 0.25) is 11.7 Å². The molecule has 1 saturated heterocycles. The molecule has 1 amide bonds. The zero-order valence-electron chi connectivity index (χ0n) is 16.5. The molecule has 0 saturated carbocycles. The number of hydrogen-bond donors (Lipinski definition) is 1. The first-order chi connectivity index (χ1) is 14.7. The van der Waals surface area contributed by atoms with Gasteiger partial charge in [0.15, 0.2) is 0 Å². The van der Waals surface area contributed by atoms with Crippen LogP contribution in [0.5, 0.6) is 0 Å². The molecular formula is C23H21N5O2. The summed E-state index contributed by atoms with van der Waals surface area (Å²) in [5.41, 5.74) is 1.53. The summed E-state index contributed by atoms with van der Waals surface area (Å²) >= 11 is 0. The molecule has 5 rings (SSSR count). The highest BCUT2D eigenvalue weighted by molar-refractivity contribution is 5.98. The minimum Gasteiger partial charge on any atom is -0.348 e. The van der Waals surface area contributed by atoms with Crippen molar-refractivity contribution in [2.75, 3.05) is 13.6 Å². The summed E-state index contributed by atoms with van der Waals surface area (Å²) in [4.78, 5) is 23.5. The first kappa shape index (κ1) is 18.4. The van der Waals surface area contributed by atoms with Gasteiger partial charge < -0.3 is 9.84 Å². The topological polar surface area (TPSA) is 84.2 Å². The van der Waals surface area contributed by atoms with E-state index in [0.717, 1.165) is 22.9 Å². The van der Waals surface area contributed by atoms with E-state index < -0.39 is 0 Å². The number of rotatable bonds is 4. The zero-order chi connectivity index (χ0) is 20.5. The third-order valence-electron chi connectivity index (χ3n) is 5.56. The van der Waals surface area contributed by atoms with Gasteiger partial charge in [-0.1, -0.05) is 35.5 Å². The molecule has 2 unspecified atom stereocenters. The zero-order valence-corrected chi connectivity index (χ0v) is 16.5. The van der Waals surface area contributed by atoms with Gasteiger partial charge in [-0.25, -0.2) is 0 Å². The second-order valence-corrected chi connectivity index (χ2v) is 7.62. The normalized spacial score (nSPS) is 19.2. The van der Waals surface area contributed by atoms with Crippen LogP contribution in [-0.2, 0) is 0 Å². The maximum Gasteiger partial charge on any atom is 0.251 e. The van der Waals surface area contributed by atoms with E-state index in [0.29, 0.717) is 23.7 Å². The van der Waals surface area contributed by atoms with Crippen LogP contribution in [0.4, 0.5) is 0 Å². The molecule has 0 radical (unpaired) electrons. The van der Waals surface area contributed by atoms with Gasteiger partial charge in [0.05, 0.1) is 6.04 Å². The number of pyridine rings is 1. The SMILES string of the molecule is CN1CC(NC(=O)c2ccc3ccccc3c2)CC1c1nc(-c2ccncc2)no1. The van der Waals surface area contributed by atoms with Gasteiger partial charge in [0.25, 0.3) is 5.91 Å². The van der Waals surface area contributed by atoms with E-state index in [1.165, 1.54) is 0 Å².